The van der Waals surface area contributed by atoms with Crippen LogP contribution in [-0.2, 0) is 6.54 Å². The van der Waals surface area contributed by atoms with Gasteiger partial charge < -0.3 is 9.88 Å². The highest BCUT2D eigenvalue weighted by molar-refractivity contribution is 5.93. The normalized spacial score (nSPS) is 16.2. The Bertz CT molecular complexity index is 264. The lowest BCUT2D eigenvalue weighted by molar-refractivity contribution is 0.0928. The van der Waals surface area contributed by atoms with Gasteiger partial charge >= 0.3 is 0 Å². The quantitative estimate of drug-likeness (QED) is 0.544. The van der Waals surface area contributed by atoms with Gasteiger partial charge in [0.2, 0.25) is 0 Å². The van der Waals surface area contributed by atoms with E-state index in [-0.39, 0.29) is 5.91 Å². The summed E-state index contributed by atoms with van der Waals surface area (Å²) in [6.07, 6.45) is 1.92. The van der Waals surface area contributed by atoms with Crippen LogP contribution >= 0.6 is 0 Å². The van der Waals surface area contributed by atoms with E-state index in [4.69, 9.17) is 0 Å². The number of hydrogen-bond acceptors (Lipinski definition) is 1. The van der Waals surface area contributed by atoms with E-state index in [0.29, 0.717) is 0 Å². The molecule has 52 valence electrons. The predicted molar refractivity (Wildman–Crippen MR) is 36.8 cm³/mol. The van der Waals surface area contributed by atoms with Gasteiger partial charge in [-0.05, 0) is 12.1 Å². The molecule has 0 bridgehead atoms. The van der Waals surface area contributed by atoms with Gasteiger partial charge in [-0.3, -0.25) is 4.79 Å². The molecule has 2 heterocycles. The molecule has 0 spiro atoms. The smallest absolute Gasteiger partial charge is 0.267 e. The number of nitrogens with one attached hydrogen (secondary N) is 1. The van der Waals surface area contributed by atoms with Crippen LogP contribution in [0.15, 0.2) is 18.3 Å². The highest BCUT2D eigenvalue weighted by atomic mass is 16.2. The standard InChI is InChI=1S/C7H8N2O/c10-7-6-2-1-4-9(6)5-3-8-7/h1-2,4H,3,5H2,(H,8,10). The van der Waals surface area contributed by atoms with E-state index >= 15 is 0 Å². The summed E-state index contributed by atoms with van der Waals surface area (Å²) in [5.41, 5.74) is 0.770. The van der Waals surface area contributed by atoms with Gasteiger partial charge in [0, 0.05) is 19.3 Å². The molecule has 0 aromatic carbocycles. The summed E-state index contributed by atoms with van der Waals surface area (Å²) in [5, 5.41) is 2.76. The second kappa shape index (κ2) is 1.87. The number of hydrogen-bond donors (Lipinski definition) is 1. The molecule has 1 N–H and O–H groups in total. The summed E-state index contributed by atoms with van der Waals surface area (Å²) >= 11 is 0. The van der Waals surface area contributed by atoms with Crippen LogP contribution in [0.1, 0.15) is 10.5 Å². The van der Waals surface area contributed by atoms with Crippen molar-refractivity contribution in [3.8, 4) is 0 Å². The van der Waals surface area contributed by atoms with Crippen LogP contribution in [0, 0.1) is 0 Å². The van der Waals surface area contributed by atoms with Gasteiger partial charge in [-0.2, -0.15) is 0 Å². The van der Waals surface area contributed by atoms with E-state index in [0.717, 1.165) is 18.8 Å². The van der Waals surface area contributed by atoms with Gasteiger partial charge in [0.25, 0.3) is 5.91 Å². The molecule has 2 rings (SSSR count). The van der Waals surface area contributed by atoms with Gasteiger partial charge in [0.15, 0.2) is 0 Å². The number of nitrogens with zero attached hydrogens (tertiary/aromatic N) is 1. The van der Waals surface area contributed by atoms with Crippen LogP contribution in [0.5, 0.6) is 0 Å². The molecular weight excluding hydrogens is 128 g/mol. The van der Waals surface area contributed by atoms with Crippen LogP contribution < -0.4 is 5.32 Å². The van der Waals surface area contributed by atoms with E-state index in [2.05, 4.69) is 5.32 Å². The minimum Gasteiger partial charge on any atom is -0.349 e. The predicted octanol–water partition coefficient (Wildman–Crippen LogP) is 0.231. The summed E-state index contributed by atoms with van der Waals surface area (Å²) in [6, 6.07) is 3.72. The first-order valence-corrected chi connectivity index (χ1v) is 3.31. The first-order chi connectivity index (χ1) is 4.88. The third kappa shape index (κ3) is 0.635. The minimum absolute atomic E-state index is 0.0382. The van der Waals surface area contributed by atoms with Crippen LogP contribution in [0.25, 0.3) is 0 Å². The van der Waals surface area contributed by atoms with Gasteiger partial charge in [-0.25, -0.2) is 0 Å². The third-order valence-corrected chi connectivity index (χ3v) is 1.70. The SMILES string of the molecule is O=C1NCCn2cccc21. The molecule has 1 amide bonds. The fraction of sp³-hybridized carbons (Fsp3) is 0.286. The Morgan fingerprint density at radius 2 is 2.50 bits per heavy atom. The summed E-state index contributed by atoms with van der Waals surface area (Å²) in [4.78, 5) is 11.0. The molecule has 0 fully saturated rings. The van der Waals surface area contributed by atoms with Crippen LogP contribution in [0.4, 0.5) is 0 Å². The fourth-order valence-electron chi connectivity index (χ4n) is 1.20. The molecule has 1 aliphatic rings. The molecule has 10 heavy (non-hydrogen) atoms. The van der Waals surface area contributed by atoms with Crippen molar-refractivity contribution in [3.63, 3.8) is 0 Å². The molecule has 1 aliphatic heterocycles. The minimum atomic E-state index is 0.0382. The van der Waals surface area contributed by atoms with Crippen molar-refractivity contribution >= 4 is 5.91 Å². The lowest BCUT2D eigenvalue weighted by atomic mass is 10.3. The van der Waals surface area contributed by atoms with Crippen LogP contribution in [0.3, 0.4) is 0 Å². The van der Waals surface area contributed by atoms with Gasteiger partial charge in [-0.15, -0.1) is 0 Å². The van der Waals surface area contributed by atoms with Gasteiger partial charge in [0.1, 0.15) is 5.69 Å². The second-order valence-electron chi connectivity index (χ2n) is 2.34. The highest BCUT2D eigenvalue weighted by Gasteiger charge is 2.13. The van der Waals surface area contributed by atoms with E-state index in [1.54, 1.807) is 0 Å². The topological polar surface area (TPSA) is 34.0 Å². The lowest BCUT2D eigenvalue weighted by Crippen LogP contribution is -2.34. The number of carbonyl (C=O) groups excluding carboxylic acids is 1. The van der Waals surface area contributed by atoms with E-state index in [1.807, 2.05) is 22.9 Å². The Balaban J connectivity index is 2.50. The van der Waals surface area contributed by atoms with Crippen molar-refractivity contribution in [2.45, 2.75) is 6.54 Å². The van der Waals surface area contributed by atoms with Crippen molar-refractivity contribution in [1.82, 2.24) is 9.88 Å². The Morgan fingerprint density at radius 3 is 3.30 bits per heavy atom. The molecule has 1 aromatic rings. The fourth-order valence-corrected chi connectivity index (χ4v) is 1.20. The molecule has 0 unspecified atom stereocenters. The molecule has 0 aliphatic carbocycles. The molecule has 3 nitrogen and oxygen atoms in total. The molecule has 0 saturated carbocycles. The summed E-state index contributed by atoms with van der Waals surface area (Å²) < 4.78 is 1.96. The maximum atomic E-state index is 11.0. The molecule has 3 heteroatoms. The van der Waals surface area contributed by atoms with Crippen molar-refractivity contribution in [1.29, 1.82) is 0 Å². The number of amides is 1. The first kappa shape index (κ1) is 5.53. The van der Waals surface area contributed by atoms with Gasteiger partial charge in [-0.1, -0.05) is 0 Å². The monoisotopic (exact) mass is 136 g/mol. The molecule has 1 aromatic heterocycles. The summed E-state index contributed by atoms with van der Waals surface area (Å²) in [6.45, 7) is 1.65. The Morgan fingerprint density at radius 1 is 1.60 bits per heavy atom. The molecule has 0 radical (unpaired) electrons. The van der Waals surface area contributed by atoms with Crippen LogP contribution in [0.2, 0.25) is 0 Å². The Labute approximate surface area is 58.7 Å². The number of aromatic nitrogens is 1. The first-order valence-electron chi connectivity index (χ1n) is 3.31. The summed E-state index contributed by atoms with van der Waals surface area (Å²) in [5.74, 6) is 0.0382. The second-order valence-corrected chi connectivity index (χ2v) is 2.34. The molecule has 0 saturated heterocycles. The van der Waals surface area contributed by atoms with E-state index in [1.165, 1.54) is 0 Å². The Hall–Kier alpha value is -1.25. The lowest BCUT2D eigenvalue weighted by Gasteiger charge is -2.14. The third-order valence-electron chi connectivity index (χ3n) is 1.70. The average molecular weight is 136 g/mol. The zero-order valence-electron chi connectivity index (χ0n) is 5.50. The highest BCUT2D eigenvalue weighted by Crippen LogP contribution is 2.04. The number of rotatable bonds is 0. The maximum Gasteiger partial charge on any atom is 0.267 e. The zero-order valence-corrected chi connectivity index (χ0v) is 5.50. The molecular formula is C7H8N2O. The summed E-state index contributed by atoms with van der Waals surface area (Å²) in [7, 11) is 0. The van der Waals surface area contributed by atoms with Crippen molar-refractivity contribution < 1.29 is 4.79 Å². The van der Waals surface area contributed by atoms with E-state index in [9.17, 15) is 4.79 Å². The van der Waals surface area contributed by atoms with Gasteiger partial charge in [0.05, 0.1) is 0 Å². The zero-order chi connectivity index (χ0) is 6.97. The maximum absolute atomic E-state index is 11.0. The van der Waals surface area contributed by atoms with Crippen molar-refractivity contribution in [3.05, 3.63) is 24.0 Å². The van der Waals surface area contributed by atoms with E-state index < -0.39 is 0 Å². The molecule has 0 atom stereocenters. The largest absolute Gasteiger partial charge is 0.349 e. The number of carbonyl (C=O) groups is 1. The van der Waals surface area contributed by atoms with Crippen molar-refractivity contribution in [2.24, 2.45) is 0 Å². The average Bonchev–Trinajstić information content (AvgIpc) is 2.36. The van der Waals surface area contributed by atoms with Crippen LogP contribution in [-0.4, -0.2) is 17.0 Å². The van der Waals surface area contributed by atoms with Crippen molar-refractivity contribution in [2.75, 3.05) is 6.54 Å². The Kier molecular flexibility index (Phi) is 1.03. The number of fused-ring (bicyclic) bond motifs is 1.